The van der Waals surface area contributed by atoms with Crippen LogP contribution in [0.15, 0.2) is 65.1 Å². The van der Waals surface area contributed by atoms with Gasteiger partial charge in [0.2, 0.25) is 23.7 Å². The standard InChI is InChI=1S/C45H51N11O7/c1-28(2)33-23-34(37(58)24-36(33)57)42(61)56-26-31-4-3-29(21-32(31)27-56)25-51-9-11-52(12-10-51)39(59)7-8-40(60)53-13-15-54(16-14-53)44-48-41(49-45(50-44)55-17-19-62-20-18-55)30-5-6-38-35(22-30)47-43(46)63-38/h3-8,21-24,28,57-58H,9-20,25-27H2,1-2H3,(H2,46,47)/b8-7+. The second-order valence-electron chi connectivity index (χ2n) is 16.7. The maximum absolute atomic E-state index is 13.5. The Hall–Kier alpha value is -6.79. The molecule has 6 heterocycles. The van der Waals surface area contributed by atoms with Gasteiger partial charge in [-0.3, -0.25) is 19.3 Å². The molecule has 3 aromatic carbocycles. The molecule has 4 aliphatic heterocycles. The molecule has 0 atom stereocenters. The maximum atomic E-state index is 13.5. The molecule has 328 valence electrons. The van der Waals surface area contributed by atoms with Gasteiger partial charge in [0.1, 0.15) is 17.0 Å². The fourth-order valence-electron chi connectivity index (χ4n) is 8.57. The third-order valence-electron chi connectivity index (χ3n) is 12.2. The van der Waals surface area contributed by atoms with E-state index in [4.69, 9.17) is 29.8 Å². The van der Waals surface area contributed by atoms with Crippen molar-refractivity contribution in [3.05, 3.63) is 88.5 Å². The second kappa shape index (κ2) is 17.5. The molecule has 9 rings (SSSR count). The van der Waals surface area contributed by atoms with Crippen LogP contribution < -0.4 is 15.5 Å². The van der Waals surface area contributed by atoms with E-state index in [2.05, 4.69) is 33.0 Å². The first kappa shape index (κ1) is 41.6. The van der Waals surface area contributed by atoms with Gasteiger partial charge < -0.3 is 49.6 Å². The molecule has 18 nitrogen and oxygen atoms in total. The van der Waals surface area contributed by atoms with Crippen LogP contribution >= 0.6 is 0 Å². The molecule has 18 heteroatoms. The summed E-state index contributed by atoms with van der Waals surface area (Å²) in [4.78, 5) is 70.4. The molecule has 2 aromatic heterocycles. The SMILES string of the molecule is CC(C)c1cc(C(=O)N2Cc3ccc(CN4CCN(C(=O)/C=C/C(=O)N5CCN(c6nc(-c7ccc8oc(N)nc8c7)nc(N7CCOCC7)n6)CC5)CC4)cc3C2)c(O)cc1O. The van der Waals surface area contributed by atoms with Crippen molar-refractivity contribution in [2.75, 3.05) is 94.2 Å². The molecule has 4 aliphatic rings. The number of phenols is 2. The van der Waals surface area contributed by atoms with Gasteiger partial charge in [0.15, 0.2) is 11.4 Å². The normalized spacial score (nSPS) is 17.3. The molecule has 0 saturated carbocycles. The molecule has 4 N–H and O–H groups in total. The predicted octanol–water partition coefficient (Wildman–Crippen LogP) is 3.34. The van der Waals surface area contributed by atoms with Gasteiger partial charge in [-0.25, -0.2) is 0 Å². The Kier molecular flexibility index (Phi) is 11.6. The van der Waals surface area contributed by atoms with Gasteiger partial charge in [0.05, 0.1) is 18.8 Å². The molecule has 5 aromatic rings. The number of nitrogen functional groups attached to an aromatic ring is 1. The van der Waals surface area contributed by atoms with Crippen LogP contribution in [0.25, 0.3) is 22.5 Å². The van der Waals surface area contributed by atoms with Crippen molar-refractivity contribution in [1.82, 2.24) is 39.5 Å². The van der Waals surface area contributed by atoms with Crippen LogP contribution in [-0.2, 0) is 34.0 Å². The Morgan fingerprint density at radius 2 is 1.37 bits per heavy atom. The fourth-order valence-corrected chi connectivity index (χ4v) is 8.57. The van der Waals surface area contributed by atoms with Crippen molar-refractivity contribution in [1.29, 1.82) is 0 Å². The molecule has 0 aliphatic carbocycles. The molecule has 63 heavy (non-hydrogen) atoms. The lowest BCUT2D eigenvalue weighted by Crippen LogP contribution is -2.49. The number of aromatic nitrogens is 4. The first-order chi connectivity index (χ1) is 30.4. The summed E-state index contributed by atoms with van der Waals surface area (Å²) < 4.78 is 11.0. The van der Waals surface area contributed by atoms with Crippen LogP contribution in [-0.4, -0.2) is 146 Å². The number of anilines is 3. The first-order valence-electron chi connectivity index (χ1n) is 21.4. The molecule has 0 unspecified atom stereocenters. The molecule has 3 fully saturated rings. The number of benzene rings is 3. The Morgan fingerprint density at radius 1 is 0.714 bits per heavy atom. The average molecular weight is 858 g/mol. The average Bonchev–Trinajstić information content (AvgIpc) is 3.90. The van der Waals surface area contributed by atoms with E-state index in [0.29, 0.717) is 133 Å². The molecule has 0 bridgehead atoms. The minimum absolute atomic E-state index is 0.00600. The van der Waals surface area contributed by atoms with E-state index in [0.717, 1.165) is 22.3 Å². The lowest BCUT2D eigenvalue weighted by atomic mass is 9.98. The van der Waals surface area contributed by atoms with Crippen molar-refractivity contribution in [3.63, 3.8) is 0 Å². The van der Waals surface area contributed by atoms with Gasteiger partial charge in [-0.15, -0.1) is 0 Å². The van der Waals surface area contributed by atoms with Gasteiger partial charge in [-0.1, -0.05) is 32.0 Å². The van der Waals surface area contributed by atoms with Gasteiger partial charge in [-0.05, 0) is 52.4 Å². The Labute approximate surface area is 364 Å². The summed E-state index contributed by atoms with van der Waals surface area (Å²) in [6, 6.07) is 14.7. The number of morpholine rings is 1. The van der Waals surface area contributed by atoms with E-state index in [1.54, 1.807) is 26.8 Å². The zero-order valence-corrected chi connectivity index (χ0v) is 35.4. The lowest BCUT2D eigenvalue weighted by Gasteiger charge is -2.35. The highest BCUT2D eigenvalue weighted by Gasteiger charge is 2.29. The lowest BCUT2D eigenvalue weighted by molar-refractivity contribution is -0.129. The zero-order chi connectivity index (χ0) is 43.8. The topological polar surface area (TPSA) is 211 Å². The number of phenolic OH excluding ortho intramolecular Hbond substituents is 2. The summed E-state index contributed by atoms with van der Waals surface area (Å²) in [6.45, 7) is 12.2. The van der Waals surface area contributed by atoms with Crippen molar-refractivity contribution in [2.45, 2.75) is 39.4 Å². The number of amides is 3. The highest BCUT2D eigenvalue weighted by Crippen LogP contribution is 2.35. The Balaban J connectivity index is 0.761. The number of aromatic hydroxyl groups is 2. The smallest absolute Gasteiger partial charge is 0.292 e. The van der Waals surface area contributed by atoms with Crippen molar-refractivity contribution in [2.24, 2.45) is 0 Å². The Bertz CT molecular complexity index is 2570. The zero-order valence-electron chi connectivity index (χ0n) is 35.4. The largest absolute Gasteiger partial charge is 0.508 e. The van der Waals surface area contributed by atoms with E-state index in [-0.39, 0.29) is 46.7 Å². The van der Waals surface area contributed by atoms with Crippen LogP contribution in [0.3, 0.4) is 0 Å². The van der Waals surface area contributed by atoms with Crippen LogP contribution in [0.5, 0.6) is 11.5 Å². The van der Waals surface area contributed by atoms with Gasteiger partial charge >= 0.3 is 0 Å². The number of ether oxygens (including phenoxy) is 1. The molecular weight excluding hydrogens is 807 g/mol. The predicted molar refractivity (Wildman–Crippen MR) is 234 cm³/mol. The number of nitrogens with two attached hydrogens (primary N) is 1. The number of oxazole rings is 1. The van der Waals surface area contributed by atoms with E-state index in [1.165, 1.54) is 18.2 Å². The van der Waals surface area contributed by atoms with E-state index in [1.807, 2.05) is 30.9 Å². The highest BCUT2D eigenvalue weighted by atomic mass is 16.5. The minimum Gasteiger partial charge on any atom is -0.508 e. The summed E-state index contributed by atoms with van der Waals surface area (Å²) in [5.41, 5.74) is 11.8. The highest BCUT2D eigenvalue weighted by molar-refractivity contribution is 5.98. The Morgan fingerprint density at radius 3 is 2.05 bits per heavy atom. The van der Waals surface area contributed by atoms with Gasteiger partial charge in [-0.2, -0.15) is 19.9 Å². The molecule has 0 radical (unpaired) electrons. The summed E-state index contributed by atoms with van der Waals surface area (Å²) in [5.74, 6) is 0.618. The number of rotatable bonds is 9. The fraction of sp³-hybridized carbons (Fsp3) is 0.400. The number of piperazine rings is 2. The molecule has 3 amide bonds. The summed E-state index contributed by atoms with van der Waals surface area (Å²) in [6.07, 6.45) is 2.76. The van der Waals surface area contributed by atoms with Crippen LogP contribution in [0.1, 0.15) is 52.4 Å². The quantitative estimate of drug-likeness (QED) is 0.182. The van der Waals surface area contributed by atoms with Crippen LogP contribution in [0.2, 0.25) is 0 Å². The van der Waals surface area contributed by atoms with Crippen molar-refractivity contribution < 1.29 is 33.8 Å². The maximum Gasteiger partial charge on any atom is 0.292 e. The second-order valence-corrected chi connectivity index (χ2v) is 16.7. The number of hydrogen-bond acceptors (Lipinski definition) is 15. The first-order valence-corrected chi connectivity index (χ1v) is 21.4. The number of carbonyl (C=O) groups is 3. The van der Waals surface area contributed by atoms with E-state index in [9.17, 15) is 24.6 Å². The summed E-state index contributed by atoms with van der Waals surface area (Å²) in [5, 5.41) is 20.7. The minimum atomic E-state index is -0.276. The monoisotopic (exact) mass is 857 g/mol. The number of fused-ring (bicyclic) bond motifs is 2. The number of nitrogens with zero attached hydrogens (tertiary/aromatic N) is 10. The number of hydrogen-bond donors (Lipinski definition) is 3. The summed E-state index contributed by atoms with van der Waals surface area (Å²) in [7, 11) is 0. The van der Waals surface area contributed by atoms with Gasteiger partial charge in [0, 0.05) is 109 Å². The molecule has 3 saturated heterocycles. The van der Waals surface area contributed by atoms with Crippen molar-refractivity contribution in [3.8, 4) is 22.9 Å². The van der Waals surface area contributed by atoms with Crippen molar-refractivity contribution >= 4 is 46.7 Å². The third kappa shape index (κ3) is 8.94. The third-order valence-corrected chi connectivity index (χ3v) is 12.2. The van der Waals surface area contributed by atoms with E-state index >= 15 is 0 Å². The van der Waals surface area contributed by atoms with Crippen LogP contribution in [0, 0.1) is 0 Å². The number of carbonyl (C=O) groups excluding carboxylic acids is 3. The summed E-state index contributed by atoms with van der Waals surface area (Å²) >= 11 is 0. The molecule has 0 spiro atoms. The van der Waals surface area contributed by atoms with Crippen LogP contribution in [0.4, 0.5) is 17.9 Å². The molecular formula is C45H51N11O7. The van der Waals surface area contributed by atoms with E-state index < -0.39 is 0 Å². The van der Waals surface area contributed by atoms with Gasteiger partial charge in [0.25, 0.3) is 11.9 Å².